The lowest BCUT2D eigenvalue weighted by molar-refractivity contribution is -0.131. The van der Waals surface area contributed by atoms with Crippen molar-refractivity contribution in [1.29, 1.82) is 0 Å². The Kier molecular flexibility index (Phi) is 8.04. The summed E-state index contributed by atoms with van der Waals surface area (Å²) in [6.45, 7) is 1.50. The van der Waals surface area contributed by atoms with Gasteiger partial charge < -0.3 is 18.9 Å². The molecule has 160 valence electrons. The molecule has 0 aromatic heterocycles. The molecule has 2 aromatic rings. The van der Waals surface area contributed by atoms with Gasteiger partial charge in [0.15, 0.2) is 17.6 Å². The van der Waals surface area contributed by atoms with E-state index in [4.69, 9.17) is 18.9 Å². The Morgan fingerprint density at radius 3 is 2.10 bits per heavy atom. The second kappa shape index (κ2) is 10.7. The molecule has 0 spiro atoms. The maximum Gasteiger partial charge on any atom is 0.279 e. The average Bonchev–Trinajstić information content (AvgIpc) is 2.76. The number of halogens is 1. The van der Waals surface area contributed by atoms with Gasteiger partial charge in [-0.3, -0.25) is 20.4 Å². The molecule has 0 aliphatic heterocycles. The van der Waals surface area contributed by atoms with Crippen LogP contribution in [0.25, 0.3) is 6.08 Å². The number of methoxy groups -OCH3 is 3. The van der Waals surface area contributed by atoms with Gasteiger partial charge in [-0.2, -0.15) is 0 Å². The van der Waals surface area contributed by atoms with E-state index < -0.39 is 23.7 Å². The van der Waals surface area contributed by atoms with Crippen LogP contribution in [0.2, 0.25) is 0 Å². The smallest absolute Gasteiger partial charge is 0.279 e. The van der Waals surface area contributed by atoms with Crippen LogP contribution in [-0.2, 0) is 9.59 Å². The zero-order valence-electron chi connectivity index (χ0n) is 17.0. The van der Waals surface area contributed by atoms with Crippen LogP contribution in [0.5, 0.6) is 23.0 Å². The molecule has 0 bridgehead atoms. The van der Waals surface area contributed by atoms with Crippen molar-refractivity contribution in [2.24, 2.45) is 0 Å². The van der Waals surface area contributed by atoms with E-state index in [9.17, 15) is 14.0 Å². The van der Waals surface area contributed by atoms with Gasteiger partial charge in [0.2, 0.25) is 5.75 Å². The summed E-state index contributed by atoms with van der Waals surface area (Å²) in [6, 6.07) is 8.58. The van der Waals surface area contributed by atoms with Crippen molar-refractivity contribution in [3.05, 3.63) is 53.9 Å². The Labute approximate surface area is 173 Å². The van der Waals surface area contributed by atoms with Gasteiger partial charge in [0, 0.05) is 6.08 Å². The molecule has 1 atom stereocenters. The number of carbonyl (C=O) groups excluding carboxylic acids is 2. The van der Waals surface area contributed by atoms with E-state index in [2.05, 4.69) is 10.9 Å². The van der Waals surface area contributed by atoms with Crippen molar-refractivity contribution in [3.8, 4) is 23.0 Å². The molecule has 2 aromatic carbocycles. The highest BCUT2D eigenvalue weighted by Crippen LogP contribution is 2.38. The molecule has 2 N–H and O–H groups in total. The largest absolute Gasteiger partial charge is 0.493 e. The number of ether oxygens (including phenoxy) is 4. The minimum Gasteiger partial charge on any atom is -0.493 e. The lowest BCUT2D eigenvalue weighted by Crippen LogP contribution is -2.46. The summed E-state index contributed by atoms with van der Waals surface area (Å²) in [7, 11) is 4.47. The van der Waals surface area contributed by atoms with Gasteiger partial charge in [0.05, 0.1) is 21.3 Å². The van der Waals surface area contributed by atoms with E-state index in [1.165, 1.54) is 64.7 Å². The second-order valence-corrected chi connectivity index (χ2v) is 5.98. The number of rotatable bonds is 8. The first-order valence-electron chi connectivity index (χ1n) is 8.88. The molecule has 2 amide bonds. The van der Waals surface area contributed by atoms with Gasteiger partial charge in [-0.1, -0.05) is 0 Å². The molecular weight excluding hydrogens is 395 g/mol. The highest BCUT2D eigenvalue weighted by atomic mass is 19.1. The number of carbonyl (C=O) groups is 2. The number of hydrogen-bond acceptors (Lipinski definition) is 6. The van der Waals surface area contributed by atoms with E-state index >= 15 is 0 Å². The lowest BCUT2D eigenvalue weighted by atomic mass is 10.1. The van der Waals surface area contributed by atoms with Crippen LogP contribution in [0.15, 0.2) is 42.5 Å². The third kappa shape index (κ3) is 6.13. The van der Waals surface area contributed by atoms with Crippen molar-refractivity contribution in [3.63, 3.8) is 0 Å². The molecule has 0 aliphatic rings. The molecule has 9 heteroatoms. The third-order valence-electron chi connectivity index (χ3n) is 3.92. The SMILES string of the molecule is COc1cc(/C=C/C(=O)NNC(=O)C(C)Oc2ccc(F)cc2)cc(OC)c1OC. The minimum absolute atomic E-state index is 0.327. The summed E-state index contributed by atoms with van der Waals surface area (Å²) in [5.74, 6) is 0.0937. The molecular formula is C21H23FN2O6. The third-order valence-corrected chi connectivity index (χ3v) is 3.92. The van der Waals surface area contributed by atoms with E-state index in [-0.39, 0.29) is 0 Å². The molecule has 0 saturated heterocycles. The molecule has 2 rings (SSSR count). The highest BCUT2D eigenvalue weighted by Gasteiger charge is 2.15. The van der Waals surface area contributed by atoms with E-state index in [0.29, 0.717) is 28.6 Å². The van der Waals surface area contributed by atoms with Crippen molar-refractivity contribution >= 4 is 17.9 Å². The number of hydrogen-bond donors (Lipinski definition) is 2. The fourth-order valence-electron chi connectivity index (χ4n) is 2.41. The van der Waals surface area contributed by atoms with Crippen molar-refractivity contribution in [2.45, 2.75) is 13.0 Å². The summed E-state index contributed by atoms with van der Waals surface area (Å²) in [5.41, 5.74) is 5.14. The first-order chi connectivity index (χ1) is 14.4. The van der Waals surface area contributed by atoms with E-state index in [1.807, 2.05) is 0 Å². The molecule has 0 saturated carbocycles. The Balaban J connectivity index is 1.92. The first kappa shape index (κ1) is 22.5. The first-order valence-corrected chi connectivity index (χ1v) is 8.88. The van der Waals surface area contributed by atoms with Gasteiger partial charge >= 0.3 is 0 Å². The summed E-state index contributed by atoms with van der Waals surface area (Å²) in [6.07, 6.45) is 1.84. The molecule has 8 nitrogen and oxygen atoms in total. The zero-order chi connectivity index (χ0) is 22.1. The van der Waals surface area contributed by atoms with Crippen LogP contribution in [0.3, 0.4) is 0 Å². The molecule has 0 radical (unpaired) electrons. The van der Waals surface area contributed by atoms with Crippen LogP contribution in [-0.4, -0.2) is 39.2 Å². The molecule has 0 heterocycles. The summed E-state index contributed by atoms with van der Waals surface area (Å²) < 4.78 is 34.0. The predicted molar refractivity (Wildman–Crippen MR) is 108 cm³/mol. The van der Waals surface area contributed by atoms with Gasteiger partial charge in [-0.05, 0) is 55.0 Å². The van der Waals surface area contributed by atoms with Gasteiger partial charge in [0.1, 0.15) is 11.6 Å². The van der Waals surface area contributed by atoms with Gasteiger partial charge in [0.25, 0.3) is 11.8 Å². The van der Waals surface area contributed by atoms with Crippen LogP contribution < -0.4 is 29.8 Å². The lowest BCUT2D eigenvalue weighted by Gasteiger charge is -2.14. The Hall–Kier alpha value is -3.75. The summed E-state index contributed by atoms with van der Waals surface area (Å²) in [5, 5.41) is 0. The topological polar surface area (TPSA) is 95.1 Å². The van der Waals surface area contributed by atoms with Crippen LogP contribution in [0.4, 0.5) is 4.39 Å². The maximum atomic E-state index is 12.9. The fraction of sp³-hybridized carbons (Fsp3) is 0.238. The Morgan fingerprint density at radius 2 is 1.57 bits per heavy atom. The maximum absolute atomic E-state index is 12.9. The summed E-state index contributed by atoms with van der Waals surface area (Å²) >= 11 is 0. The predicted octanol–water partition coefficient (Wildman–Crippen LogP) is 2.48. The highest BCUT2D eigenvalue weighted by molar-refractivity contribution is 5.93. The molecule has 0 aliphatic carbocycles. The Bertz CT molecular complexity index is 889. The second-order valence-electron chi connectivity index (χ2n) is 5.98. The average molecular weight is 418 g/mol. The monoisotopic (exact) mass is 418 g/mol. The van der Waals surface area contributed by atoms with Crippen LogP contribution >= 0.6 is 0 Å². The van der Waals surface area contributed by atoms with Crippen molar-refractivity contribution < 1.29 is 32.9 Å². The number of hydrazine groups is 1. The minimum atomic E-state index is -0.908. The van der Waals surface area contributed by atoms with E-state index in [0.717, 1.165) is 0 Å². The van der Waals surface area contributed by atoms with E-state index in [1.54, 1.807) is 12.1 Å². The zero-order valence-corrected chi connectivity index (χ0v) is 17.0. The van der Waals surface area contributed by atoms with Crippen LogP contribution in [0.1, 0.15) is 12.5 Å². The molecule has 1 unspecified atom stereocenters. The standard InChI is InChI=1S/C21H23FN2O6/c1-13(30-16-8-6-15(22)7-9-16)21(26)24-23-19(25)10-5-14-11-17(27-2)20(29-4)18(12-14)28-3/h5-13H,1-4H3,(H,23,25)(H,24,26)/b10-5+. The number of benzene rings is 2. The normalized spacial score (nSPS) is 11.5. The van der Waals surface area contributed by atoms with Crippen molar-refractivity contribution in [2.75, 3.05) is 21.3 Å². The van der Waals surface area contributed by atoms with Crippen LogP contribution in [0, 0.1) is 5.82 Å². The van der Waals surface area contributed by atoms with Gasteiger partial charge in [-0.25, -0.2) is 4.39 Å². The van der Waals surface area contributed by atoms with Crippen molar-refractivity contribution in [1.82, 2.24) is 10.9 Å². The Morgan fingerprint density at radius 1 is 0.967 bits per heavy atom. The molecule has 0 fully saturated rings. The number of amides is 2. The molecule has 30 heavy (non-hydrogen) atoms. The summed E-state index contributed by atoms with van der Waals surface area (Å²) in [4.78, 5) is 24.0. The van der Waals surface area contributed by atoms with Gasteiger partial charge in [-0.15, -0.1) is 0 Å². The number of nitrogens with one attached hydrogen (secondary N) is 2. The fourth-order valence-corrected chi connectivity index (χ4v) is 2.41. The quantitative estimate of drug-likeness (QED) is 0.505.